The molecule has 0 radical (unpaired) electrons. The minimum absolute atomic E-state index is 0.0246. The Morgan fingerprint density at radius 3 is 2.83 bits per heavy atom. The van der Waals surface area contributed by atoms with Crippen LogP contribution in [0.3, 0.4) is 0 Å². The standard InChI is InChI=1S/C25H27N3O2/c1-16(2)25(29)27-19-9-11-23-21(13-19)20-12-17(14-26)8-10-22(20)28(23)15-18-6-4-5-7-24(18)30-3/h4-8,10,12,16,19H,9,11,13,15H2,1-3H3,(H,27,29). The molecule has 154 valence electrons. The van der Waals surface area contributed by atoms with Crippen molar-refractivity contribution in [3.05, 3.63) is 64.8 Å². The second-order valence-corrected chi connectivity index (χ2v) is 8.27. The summed E-state index contributed by atoms with van der Waals surface area (Å²) in [5.74, 6) is 0.946. The molecular weight excluding hydrogens is 374 g/mol. The molecule has 30 heavy (non-hydrogen) atoms. The van der Waals surface area contributed by atoms with E-state index in [1.165, 1.54) is 11.3 Å². The molecular formula is C25H27N3O2. The average molecular weight is 402 g/mol. The number of methoxy groups -OCH3 is 1. The normalized spacial score (nSPS) is 15.6. The van der Waals surface area contributed by atoms with E-state index in [9.17, 15) is 10.1 Å². The number of hydrogen-bond donors (Lipinski definition) is 1. The molecule has 1 unspecified atom stereocenters. The number of nitrogens with zero attached hydrogens (tertiary/aromatic N) is 2. The molecule has 0 fully saturated rings. The lowest BCUT2D eigenvalue weighted by Crippen LogP contribution is -2.41. The van der Waals surface area contributed by atoms with E-state index in [0.29, 0.717) is 12.1 Å². The zero-order valence-corrected chi connectivity index (χ0v) is 17.7. The van der Waals surface area contributed by atoms with Crippen molar-refractivity contribution in [1.29, 1.82) is 5.26 Å². The fourth-order valence-electron chi connectivity index (χ4n) is 4.40. The SMILES string of the molecule is COc1ccccc1Cn1c2c(c3cc(C#N)ccc31)CC(NC(=O)C(C)C)CC2. The third kappa shape index (κ3) is 3.66. The molecule has 1 aliphatic rings. The summed E-state index contributed by atoms with van der Waals surface area (Å²) in [5, 5.41) is 13.7. The first kappa shape index (κ1) is 20.0. The molecule has 1 atom stereocenters. The van der Waals surface area contributed by atoms with Crippen LogP contribution in [0, 0.1) is 17.2 Å². The second-order valence-electron chi connectivity index (χ2n) is 8.27. The van der Waals surface area contributed by atoms with Gasteiger partial charge in [-0.3, -0.25) is 4.79 Å². The topological polar surface area (TPSA) is 67.1 Å². The van der Waals surface area contributed by atoms with Crippen molar-refractivity contribution < 1.29 is 9.53 Å². The zero-order valence-electron chi connectivity index (χ0n) is 17.7. The van der Waals surface area contributed by atoms with Gasteiger partial charge in [0.05, 0.1) is 25.3 Å². The smallest absolute Gasteiger partial charge is 0.222 e. The highest BCUT2D eigenvalue weighted by atomic mass is 16.5. The number of rotatable bonds is 5. The Morgan fingerprint density at radius 2 is 2.10 bits per heavy atom. The van der Waals surface area contributed by atoms with Crippen molar-refractivity contribution in [2.24, 2.45) is 5.92 Å². The minimum Gasteiger partial charge on any atom is -0.496 e. The van der Waals surface area contributed by atoms with Gasteiger partial charge in [0, 0.05) is 34.1 Å². The van der Waals surface area contributed by atoms with Gasteiger partial charge in [-0.2, -0.15) is 5.26 Å². The number of amides is 1. The van der Waals surface area contributed by atoms with E-state index >= 15 is 0 Å². The molecule has 1 amide bonds. The van der Waals surface area contributed by atoms with Crippen LogP contribution in [0.15, 0.2) is 42.5 Å². The first-order chi connectivity index (χ1) is 14.5. The Kier molecular flexibility index (Phi) is 5.50. The molecule has 1 aromatic heterocycles. The number of aromatic nitrogens is 1. The van der Waals surface area contributed by atoms with Crippen molar-refractivity contribution in [3.63, 3.8) is 0 Å². The fraction of sp³-hybridized carbons (Fsp3) is 0.360. The number of benzene rings is 2. The van der Waals surface area contributed by atoms with Gasteiger partial charge in [0.1, 0.15) is 5.75 Å². The number of nitrogens with one attached hydrogen (secondary N) is 1. The zero-order chi connectivity index (χ0) is 21.3. The van der Waals surface area contributed by atoms with E-state index in [0.717, 1.165) is 41.5 Å². The Balaban J connectivity index is 1.77. The third-order valence-electron chi connectivity index (χ3n) is 5.99. The molecule has 1 heterocycles. The molecule has 5 nitrogen and oxygen atoms in total. The van der Waals surface area contributed by atoms with Crippen LogP contribution in [0.2, 0.25) is 0 Å². The summed E-state index contributed by atoms with van der Waals surface area (Å²) < 4.78 is 7.92. The highest BCUT2D eigenvalue weighted by molar-refractivity contribution is 5.87. The Bertz CT molecular complexity index is 1140. The number of nitriles is 1. The first-order valence-corrected chi connectivity index (χ1v) is 10.5. The molecule has 0 bridgehead atoms. The van der Waals surface area contributed by atoms with Gasteiger partial charge in [-0.05, 0) is 49.1 Å². The van der Waals surface area contributed by atoms with Crippen molar-refractivity contribution in [2.75, 3.05) is 7.11 Å². The summed E-state index contributed by atoms with van der Waals surface area (Å²) in [6, 6.07) is 16.4. The minimum atomic E-state index is -0.0246. The van der Waals surface area contributed by atoms with E-state index in [1.807, 2.05) is 50.2 Å². The van der Waals surface area contributed by atoms with Gasteiger partial charge < -0.3 is 14.6 Å². The van der Waals surface area contributed by atoms with Crippen LogP contribution in [0.5, 0.6) is 5.75 Å². The van der Waals surface area contributed by atoms with Gasteiger partial charge in [0.15, 0.2) is 0 Å². The van der Waals surface area contributed by atoms with Crippen molar-refractivity contribution in [3.8, 4) is 11.8 Å². The van der Waals surface area contributed by atoms with Crippen LogP contribution in [-0.4, -0.2) is 23.6 Å². The van der Waals surface area contributed by atoms with Crippen molar-refractivity contribution in [1.82, 2.24) is 9.88 Å². The molecule has 0 aliphatic heterocycles. The summed E-state index contributed by atoms with van der Waals surface area (Å²) in [6.07, 6.45) is 2.60. The third-order valence-corrected chi connectivity index (χ3v) is 5.99. The molecule has 3 aromatic rings. The maximum atomic E-state index is 12.2. The average Bonchev–Trinajstić information content (AvgIpc) is 3.06. The summed E-state index contributed by atoms with van der Waals surface area (Å²) in [7, 11) is 1.70. The van der Waals surface area contributed by atoms with E-state index in [-0.39, 0.29) is 17.9 Å². The predicted molar refractivity (Wildman–Crippen MR) is 118 cm³/mol. The van der Waals surface area contributed by atoms with Crippen LogP contribution in [-0.2, 0) is 24.2 Å². The number of carbonyl (C=O) groups is 1. The monoisotopic (exact) mass is 401 g/mol. The van der Waals surface area contributed by atoms with E-state index in [2.05, 4.69) is 22.0 Å². The fourth-order valence-corrected chi connectivity index (χ4v) is 4.40. The number of ether oxygens (including phenoxy) is 1. The molecule has 1 N–H and O–H groups in total. The van der Waals surface area contributed by atoms with E-state index < -0.39 is 0 Å². The second kappa shape index (κ2) is 8.23. The van der Waals surface area contributed by atoms with Gasteiger partial charge in [0.2, 0.25) is 5.91 Å². The number of hydrogen-bond acceptors (Lipinski definition) is 3. The predicted octanol–water partition coefficient (Wildman–Crippen LogP) is 4.20. The van der Waals surface area contributed by atoms with Gasteiger partial charge in [0.25, 0.3) is 0 Å². The number of para-hydroxylation sites is 1. The molecule has 0 saturated heterocycles. The lowest BCUT2D eigenvalue weighted by molar-refractivity contribution is -0.124. The summed E-state index contributed by atoms with van der Waals surface area (Å²) >= 11 is 0. The molecule has 0 saturated carbocycles. The van der Waals surface area contributed by atoms with Crippen LogP contribution in [0.25, 0.3) is 10.9 Å². The van der Waals surface area contributed by atoms with E-state index in [4.69, 9.17) is 4.74 Å². The van der Waals surface area contributed by atoms with Crippen LogP contribution in [0.4, 0.5) is 0 Å². The first-order valence-electron chi connectivity index (χ1n) is 10.5. The molecule has 4 rings (SSSR count). The highest BCUT2D eigenvalue weighted by Crippen LogP contribution is 2.34. The maximum absolute atomic E-state index is 12.2. The molecule has 0 spiro atoms. The summed E-state index contributed by atoms with van der Waals surface area (Å²) in [5.41, 5.74) is 5.45. The molecule has 5 heteroatoms. The highest BCUT2D eigenvalue weighted by Gasteiger charge is 2.27. The largest absolute Gasteiger partial charge is 0.496 e. The Hall–Kier alpha value is -3.26. The van der Waals surface area contributed by atoms with Crippen molar-refractivity contribution >= 4 is 16.8 Å². The van der Waals surface area contributed by atoms with Gasteiger partial charge in [-0.1, -0.05) is 32.0 Å². The van der Waals surface area contributed by atoms with Crippen molar-refractivity contribution in [2.45, 2.75) is 45.7 Å². The lowest BCUT2D eigenvalue weighted by atomic mass is 9.90. The van der Waals surface area contributed by atoms with E-state index in [1.54, 1.807) is 7.11 Å². The summed E-state index contributed by atoms with van der Waals surface area (Å²) in [4.78, 5) is 12.2. The van der Waals surface area contributed by atoms with Gasteiger partial charge in [-0.15, -0.1) is 0 Å². The quantitative estimate of drug-likeness (QED) is 0.697. The van der Waals surface area contributed by atoms with Gasteiger partial charge >= 0.3 is 0 Å². The summed E-state index contributed by atoms with van der Waals surface area (Å²) in [6.45, 7) is 4.55. The Morgan fingerprint density at radius 1 is 1.30 bits per heavy atom. The van der Waals surface area contributed by atoms with Crippen LogP contribution >= 0.6 is 0 Å². The molecule has 2 aromatic carbocycles. The number of carbonyl (C=O) groups excluding carboxylic acids is 1. The van der Waals surface area contributed by atoms with Gasteiger partial charge in [-0.25, -0.2) is 0 Å². The molecule has 1 aliphatic carbocycles. The number of fused-ring (bicyclic) bond motifs is 3. The Labute approximate surface area is 177 Å². The van der Waals surface area contributed by atoms with Crippen LogP contribution in [0.1, 0.15) is 42.7 Å². The lowest BCUT2D eigenvalue weighted by Gasteiger charge is -2.26. The maximum Gasteiger partial charge on any atom is 0.222 e. The van der Waals surface area contributed by atoms with Crippen LogP contribution < -0.4 is 10.1 Å².